The Morgan fingerprint density at radius 1 is 1.38 bits per heavy atom. The van der Waals surface area contributed by atoms with Crippen LogP contribution in [0.5, 0.6) is 0 Å². The molecule has 0 radical (unpaired) electrons. The van der Waals surface area contributed by atoms with Crippen molar-refractivity contribution < 1.29 is 9.90 Å². The largest absolute Gasteiger partial charge is 0.544 e. The Morgan fingerprint density at radius 2 is 2.00 bits per heavy atom. The van der Waals surface area contributed by atoms with E-state index in [4.69, 9.17) is 5.26 Å². The van der Waals surface area contributed by atoms with Gasteiger partial charge < -0.3 is 9.90 Å². The number of benzene rings is 1. The van der Waals surface area contributed by atoms with Crippen LogP contribution in [0.1, 0.15) is 12.5 Å². The molecule has 0 bridgehead atoms. The van der Waals surface area contributed by atoms with E-state index in [9.17, 15) is 9.90 Å². The molecule has 0 aromatic heterocycles. The number of allylic oxidation sites excluding steroid dienone is 2. The maximum Gasteiger partial charge on any atom is 0.101 e. The lowest BCUT2D eigenvalue weighted by atomic mass is 10.1. The van der Waals surface area contributed by atoms with E-state index in [2.05, 4.69) is 0 Å². The van der Waals surface area contributed by atoms with Gasteiger partial charge in [-0.2, -0.15) is 5.26 Å². The number of nitrogens with zero attached hydrogens (tertiary/aromatic N) is 1. The number of hydrogen-bond donors (Lipinski definition) is 0. The average molecular weight is 212 g/mol. The molecule has 0 amide bonds. The molecule has 16 heavy (non-hydrogen) atoms. The number of carboxylic acid groups (broad SMARTS) is 1. The van der Waals surface area contributed by atoms with Gasteiger partial charge in [-0.15, -0.1) is 0 Å². The fourth-order valence-electron chi connectivity index (χ4n) is 1.22. The van der Waals surface area contributed by atoms with Gasteiger partial charge in [0.25, 0.3) is 0 Å². The fourth-order valence-corrected chi connectivity index (χ4v) is 1.22. The summed E-state index contributed by atoms with van der Waals surface area (Å²) in [6.07, 6.45) is 3.09. The summed E-state index contributed by atoms with van der Waals surface area (Å²) in [5.74, 6) is -1.46. The lowest BCUT2D eigenvalue weighted by Gasteiger charge is -1.99. The number of carboxylic acids is 1. The van der Waals surface area contributed by atoms with Crippen molar-refractivity contribution in [3.8, 4) is 6.07 Å². The van der Waals surface area contributed by atoms with Gasteiger partial charge >= 0.3 is 0 Å². The van der Waals surface area contributed by atoms with E-state index in [1.54, 1.807) is 19.1 Å². The highest BCUT2D eigenvalue weighted by atomic mass is 16.4. The SMILES string of the molecule is CC(=C\c1ccccc1)/C=C(\C#N)C(=O)[O-]. The zero-order valence-corrected chi connectivity index (χ0v) is 8.81. The predicted octanol–water partition coefficient (Wildman–Crippen LogP) is 1.29. The van der Waals surface area contributed by atoms with Gasteiger partial charge in [0, 0.05) is 0 Å². The van der Waals surface area contributed by atoms with Crippen LogP contribution >= 0.6 is 0 Å². The Balaban J connectivity index is 2.96. The number of aliphatic carboxylic acids is 1. The van der Waals surface area contributed by atoms with Crippen molar-refractivity contribution in [1.29, 1.82) is 5.26 Å². The molecule has 0 aliphatic carbocycles. The first-order chi connectivity index (χ1) is 7.63. The van der Waals surface area contributed by atoms with Crippen LogP contribution in [0, 0.1) is 11.3 Å². The smallest absolute Gasteiger partial charge is 0.101 e. The molecule has 0 saturated carbocycles. The fraction of sp³-hybridized carbons (Fsp3) is 0.0769. The van der Waals surface area contributed by atoms with E-state index in [0.717, 1.165) is 5.56 Å². The van der Waals surface area contributed by atoms with Crippen molar-refractivity contribution in [1.82, 2.24) is 0 Å². The number of rotatable bonds is 3. The molecular formula is C13H10NO2-. The molecule has 0 fully saturated rings. The topological polar surface area (TPSA) is 63.9 Å². The second-order valence-electron chi connectivity index (χ2n) is 3.26. The lowest BCUT2D eigenvalue weighted by Crippen LogP contribution is -2.23. The molecule has 0 aliphatic rings. The van der Waals surface area contributed by atoms with Crippen molar-refractivity contribution in [3.63, 3.8) is 0 Å². The molecule has 80 valence electrons. The Labute approximate surface area is 94.0 Å². The van der Waals surface area contributed by atoms with E-state index < -0.39 is 5.97 Å². The van der Waals surface area contributed by atoms with Gasteiger partial charge in [0.1, 0.15) is 6.07 Å². The first-order valence-electron chi connectivity index (χ1n) is 4.70. The zero-order chi connectivity index (χ0) is 12.0. The van der Waals surface area contributed by atoms with E-state index in [-0.39, 0.29) is 5.57 Å². The van der Waals surface area contributed by atoms with Crippen LogP contribution in [0.25, 0.3) is 6.08 Å². The highest BCUT2D eigenvalue weighted by molar-refractivity contribution is 5.90. The molecule has 1 aromatic rings. The minimum absolute atomic E-state index is 0.371. The predicted molar refractivity (Wildman–Crippen MR) is 58.8 cm³/mol. The quantitative estimate of drug-likeness (QED) is 0.431. The molecule has 0 atom stereocenters. The van der Waals surface area contributed by atoms with Gasteiger partial charge in [-0.1, -0.05) is 36.4 Å². The second kappa shape index (κ2) is 5.52. The summed E-state index contributed by atoms with van der Waals surface area (Å²) >= 11 is 0. The van der Waals surface area contributed by atoms with Gasteiger partial charge in [-0.05, 0) is 24.1 Å². The van der Waals surface area contributed by atoms with Crippen LogP contribution in [0.15, 0.2) is 47.6 Å². The van der Waals surface area contributed by atoms with Gasteiger partial charge in [-0.3, -0.25) is 0 Å². The standard InChI is InChI=1S/C13H11NO2/c1-10(8-12(9-14)13(15)16)7-11-5-3-2-4-6-11/h2-8H,1H3,(H,15,16)/p-1/b10-7+,12-8+. The summed E-state index contributed by atoms with van der Waals surface area (Å²) in [4.78, 5) is 10.5. The van der Waals surface area contributed by atoms with Gasteiger partial charge in [0.2, 0.25) is 0 Å². The highest BCUT2D eigenvalue weighted by Crippen LogP contribution is 2.08. The summed E-state index contributed by atoms with van der Waals surface area (Å²) in [5, 5.41) is 19.0. The monoisotopic (exact) mass is 212 g/mol. The summed E-state index contributed by atoms with van der Waals surface area (Å²) in [6.45, 7) is 1.73. The average Bonchev–Trinajstić information content (AvgIpc) is 2.27. The molecule has 0 aliphatic heterocycles. The van der Waals surface area contributed by atoms with Crippen molar-refractivity contribution in [3.05, 3.63) is 53.1 Å². The number of carbonyl (C=O) groups is 1. The Bertz CT molecular complexity index is 478. The van der Waals surface area contributed by atoms with Crippen molar-refractivity contribution in [2.75, 3.05) is 0 Å². The molecule has 0 saturated heterocycles. The van der Waals surface area contributed by atoms with Gasteiger partial charge in [0.05, 0.1) is 11.5 Å². The first kappa shape index (κ1) is 11.7. The van der Waals surface area contributed by atoms with E-state index in [0.29, 0.717) is 5.57 Å². The van der Waals surface area contributed by atoms with E-state index >= 15 is 0 Å². The van der Waals surface area contributed by atoms with Crippen LogP contribution in [0.3, 0.4) is 0 Å². The number of nitriles is 1. The van der Waals surface area contributed by atoms with Crippen LogP contribution in [0.4, 0.5) is 0 Å². The van der Waals surface area contributed by atoms with Crippen molar-refractivity contribution >= 4 is 12.0 Å². The summed E-state index contributed by atoms with van der Waals surface area (Å²) in [7, 11) is 0. The zero-order valence-electron chi connectivity index (χ0n) is 8.81. The molecule has 0 heterocycles. The molecule has 0 unspecified atom stereocenters. The number of carbonyl (C=O) groups excluding carboxylic acids is 1. The lowest BCUT2D eigenvalue weighted by molar-refractivity contribution is -0.298. The third kappa shape index (κ3) is 3.43. The summed E-state index contributed by atoms with van der Waals surface area (Å²) in [6, 6.07) is 11.0. The normalized spacial score (nSPS) is 12.0. The molecule has 0 spiro atoms. The number of hydrogen-bond acceptors (Lipinski definition) is 3. The molecule has 0 N–H and O–H groups in total. The third-order valence-electron chi connectivity index (χ3n) is 1.91. The molecule has 1 rings (SSSR count). The van der Waals surface area contributed by atoms with Crippen LogP contribution in [-0.2, 0) is 4.79 Å². The third-order valence-corrected chi connectivity index (χ3v) is 1.91. The van der Waals surface area contributed by atoms with Gasteiger partial charge in [0.15, 0.2) is 0 Å². The highest BCUT2D eigenvalue weighted by Gasteiger charge is 1.96. The van der Waals surface area contributed by atoms with Crippen molar-refractivity contribution in [2.45, 2.75) is 6.92 Å². The second-order valence-corrected chi connectivity index (χ2v) is 3.26. The molecule has 3 heteroatoms. The molecule has 1 aromatic carbocycles. The summed E-state index contributed by atoms with van der Waals surface area (Å²) < 4.78 is 0. The van der Waals surface area contributed by atoms with Crippen molar-refractivity contribution in [2.24, 2.45) is 0 Å². The van der Waals surface area contributed by atoms with Crippen LogP contribution in [-0.4, -0.2) is 5.97 Å². The van der Waals surface area contributed by atoms with Gasteiger partial charge in [-0.25, -0.2) is 0 Å². The maximum atomic E-state index is 10.5. The minimum Gasteiger partial charge on any atom is -0.544 e. The van der Waals surface area contributed by atoms with E-state index in [1.807, 2.05) is 30.3 Å². The Kier molecular flexibility index (Phi) is 4.05. The summed E-state index contributed by atoms with van der Waals surface area (Å²) in [5.41, 5.74) is 1.27. The van der Waals surface area contributed by atoms with Crippen LogP contribution < -0.4 is 5.11 Å². The Hall–Kier alpha value is -2.34. The van der Waals surface area contributed by atoms with E-state index in [1.165, 1.54) is 6.08 Å². The molecular weight excluding hydrogens is 202 g/mol. The Morgan fingerprint density at radius 3 is 2.50 bits per heavy atom. The van der Waals surface area contributed by atoms with Crippen LogP contribution in [0.2, 0.25) is 0 Å². The maximum absolute atomic E-state index is 10.5. The molecule has 3 nitrogen and oxygen atoms in total. The minimum atomic E-state index is -1.46. The first-order valence-corrected chi connectivity index (χ1v) is 4.70.